The minimum atomic E-state index is -0.285. The van der Waals surface area contributed by atoms with Crippen LogP contribution in [0.25, 0.3) is 6.08 Å². The van der Waals surface area contributed by atoms with Gasteiger partial charge < -0.3 is 15.2 Å². The van der Waals surface area contributed by atoms with Crippen molar-refractivity contribution in [3.63, 3.8) is 0 Å². The lowest BCUT2D eigenvalue weighted by atomic mass is 10.1. The molecular formula is C11H12FNO2. The third-order valence-electron chi connectivity index (χ3n) is 2.23. The van der Waals surface area contributed by atoms with Gasteiger partial charge in [0.1, 0.15) is 11.6 Å². The van der Waals surface area contributed by atoms with Crippen molar-refractivity contribution in [2.45, 2.75) is 6.61 Å². The first-order valence-corrected chi connectivity index (χ1v) is 4.71. The first kappa shape index (κ1) is 10.1. The van der Waals surface area contributed by atoms with E-state index < -0.39 is 0 Å². The van der Waals surface area contributed by atoms with Crippen LogP contribution in [0.1, 0.15) is 11.1 Å². The molecule has 80 valence electrons. The van der Waals surface area contributed by atoms with E-state index >= 15 is 0 Å². The van der Waals surface area contributed by atoms with E-state index in [1.165, 1.54) is 6.07 Å². The Morgan fingerprint density at radius 1 is 1.47 bits per heavy atom. The van der Waals surface area contributed by atoms with Gasteiger partial charge in [-0.2, -0.15) is 0 Å². The van der Waals surface area contributed by atoms with Crippen LogP contribution in [-0.2, 0) is 11.3 Å². The van der Waals surface area contributed by atoms with Gasteiger partial charge in [0.15, 0.2) is 6.79 Å². The number of benzene rings is 1. The van der Waals surface area contributed by atoms with Crippen molar-refractivity contribution in [1.29, 1.82) is 0 Å². The maximum Gasteiger partial charge on any atom is 0.189 e. The molecule has 0 fully saturated rings. The van der Waals surface area contributed by atoms with Crippen LogP contribution in [0.5, 0.6) is 5.75 Å². The van der Waals surface area contributed by atoms with Crippen LogP contribution >= 0.6 is 0 Å². The predicted octanol–water partition coefficient (Wildman–Crippen LogP) is 1.66. The zero-order valence-electron chi connectivity index (χ0n) is 8.20. The molecule has 0 saturated heterocycles. The van der Waals surface area contributed by atoms with Gasteiger partial charge in [-0.1, -0.05) is 12.2 Å². The van der Waals surface area contributed by atoms with Crippen molar-refractivity contribution in [2.24, 2.45) is 5.73 Å². The molecule has 0 aliphatic carbocycles. The second kappa shape index (κ2) is 4.42. The van der Waals surface area contributed by atoms with Gasteiger partial charge in [-0.15, -0.1) is 0 Å². The van der Waals surface area contributed by atoms with E-state index in [9.17, 15) is 4.39 Å². The third kappa shape index (κ3) is 2.00. The summed E-state index contributed by atoms with van der Waals surface area (Å²) in [5.41, 5.74) is 6.57. The highest BCUT2D eigenvalue weighted by molar-refractivity contribution is 5.59. The lowest BCUT2D eigenvalue weighted by Crippen LogP contribution is -2.13. The summed E-state index contributed by atoms with van der Waals surface area (Å²) in [6, 6.07) is 3.01. The van der Waals surface area contributed by atoms with E-state index in [1.807, 2.05) is 0 Å². The Hall–Kier alpha value is -1.39. The first-order valence-electron chi connectivity index (χ1n) is 4.71. The summed E-state index contributed by atoms with van der Waals surface area (Å²) in [6.07, 6.45) is 3.36. The molecule has 3 nitrogen and oxygen atoms in total. The number of fused-ring (bicyclic) bond motifs is 1. The van der Waals surface area contributed by atoms with Gasteiger partial charge in [-0.3, -0.25) is 0 Å². The SMILES string of the molecule is NC/C=C/c1c(F)ccc2c1COCO2. The second-order valence-electron chi connectivity index (χ2n) is 3.19. The van der Waals surface area contributed by atoms with E-state index in [4.69, 9.17) is 15.2 Å². The summed E-state index contributed by atoms with van der Waals surface area (Å²) in [6.45, 7) is 0.973. The lowest BCUT2D eigenvalue weighted by Gasteiger charge is -2.19. The smallest absolute Gasteiger partial charge is 0.189 e. The standard InChI is InChI=1S/C11H12FNO2/c12-10-3-4-11-9(6-14-7-15-11)8(10)2-1-5-13/h1-4H,5-7,13H2/b2-1+. The molecule has 0 atom stereocenters. The van der Waals surface area contributed by atoms with Crippen molar-refractivity contribution in [1.82, 2.24) is 0 Å². The van der Waals surface area contributed by atoms with Gasteiger partial charge in [0.2, 0.25) is 0 Å². The van der Waals surface area contributed by atoms with Gasteiger partial charge in [0.25, 0.3) is 0 Å². The van der Waals surface area contributed by atoms with E-state index in [0.717, 1.165) is 5.56 Å². The summed E-state index contributed by atoms with van der Waals surface area (Å²) in [5.74, 6) is 0.395. The van der Waals surface area contributed by atoms with Crippen molar-refractivity contribution >= 4 is 6.08 Å². The molecule has 2 N–H and O–H groups in total. The van der Waals surface area contributed by atoms with Crippen LogP contribution in [0.2, 0.25) is 0 Å². The Labute approximate surface area is 87.3 Å². The van der Waals surface area contributed by atoms with Crippen LogP contribution in [-0.4, -0.2) is 13.3 Å². The summed E-state index contributed by atoms with van der Waals surface area (Å²) < 4.78 is 23.9. The van der Waals surface area contributed by atoms with Crippen molar-refractivity contribution in [3.8, 4) is 5.75 Å². The molecule has 0 saturated carbocycles. The fourth-order valence-electron chi connectivity index (χ4n) is 1.52. The molecule has 0 spiro atoms. The molecule has 1 aromatic rings. The minimum absolute atomic E-state index is 0.221. The van der Waals surface area contributed by atoms with Gasteiger partial charge in [0, 0.05) is 17.7 Å². The van der Waals surface area contributed by atoms with Crippen LogP contribution in [0.4, 0.5) is 4.39 Å². The molecule has 1 heterocycles. The van der Waals surface area contributed by atoms with Crippen LogP contribution in [0, 0.1) is 5.82 Å². The maximum atomic E-state index is 13.5. The Morgan fingerprint density at radius 2 is 2.33 bits per heavy atom. The van der Waals surface area contributed by atoms with Crippen molar-refractivity contribution < 1.29 is 13.9 Å². The second-order valence-corrected chi connectivity index (χ2v) is 3.19. The quantitative estimate of drug-likeness (QED) is 0.805. The van der Waals surface area contributed by atoms with E-state index in [2.05, 4.69) is 0 Å². The van der Waals surface area contributed by atoms with Crippen molar-refractivity contribution in [2.75, 3.05) is 13.3 Å². The molecule has 0 radical (unpaired) electrons. The average molecular weight is 209 g/mol. The van der Waals surface area contributed by atoms with Crippen LogP contribution in [0.15, 0.2) is 18.2 Å². The molecule has 1 aliphatic rings. The fraction of sp³-hybridized carbons (Fsp3) is 0.273. The Kier molecular flexibility index (Phi) is 2.99. The minimum Gasteiger partial charge on any atom is -0.467 e. The Bertz CT molecular complexity index is 390. The van der Waals surface area contributed by atoms with Crippen LogP contribution < -0.4 is 10.5 Å². The predicted molar refractivity (Wildman–Crippen MR) is 54.8 cm³/mol. The van der Waals surface area contributed by atoms with E-state index in [1.54, 1.807) is 18.2 Å². The summed E-state index contributed by atoms with van der Waals surface area (Å²) >= 11 is 0. The number of halogens is 1. The molecule has 0 aromatic heterocycles. The average Bonchev–Trinajstić information content (AvgIpc) is 2.28. The summed E-state index contributed by atoms with van der Waals surface area (Å²) in [7, 11) is 0. The number of hydrogen-bond donors (Lipinski definition) is 1. The highest BCUT2D eigenvalue weighted by Gasteiger charge is 2.16. The first-order chi connectivity index (χ1) is 7.33. The fourth-order valence-corrected chi connectivity index (χ4v) is 1.52. The third-order valence-corrected chi connectivity index (χ3v) is 2.23. The molecule has 2 rings (SSSR count). The monoisotopic (exact) mass is 209 g/mol. The normalized spacial score (nSPS) is 15.1. The summed E-state index contributed by atoms with van der Waals surface area (Å²) in [4.78, 5) is 0. The van der Waals surface area contributed by atoms with Gasteiger partial charge in [0.05, 0.1) is 6.61 Å². The molecule has 4 heteroatoms. The molecule has 1 aliphatic heterocycles. The number of ether oxygens (including phenoxy) is 2. The van der Waals surface area contributed by atoms with Crippen LogP contribution in [0.3, 0.4) is 0 Å². The molecule has 0 bridgehead atoms. The zero-order valence-corrected chi connectivity index (χ0v) is 8.20. The number of rotatable bonds is 2. The molecular weight excluding hydrogens is 197 g/mol. The molecule has 15 heavy (non-hydrogen) atoms. The van der Waals surface area contributed by atoms with Gasteiger partial charge in [-0.05, 0) is 12.1 Å². The highest BCUT2D eigenvalue weighted by Crippen LogP contribution is 2.29. The Morgan fingerprint density at radius 3 is 3.13 bits per heavy atom. The van der Waals surface area contributed by atoms with Crippen molar-refractivity contribution in [3.05, 3.63) is 35.2 Å². The van der Waals surface area contributed by atoms with Gasteiger partial charge >= 0.3 is 0 Å². The molecule has 0 amide bonds. The maximum absolute atomic E-state index is 13.5. The topological polar surface area (TPSA) is 44.5 Å². The van der Waals surface area contributed by atoms with Gasteiger partial charge in [-0.25, -0.2) is 4.39 Å². The summed E-state index contributed by atoms with van der Waals surface area (Å²) in [5, 5.41) is 0. The number of nitrogens with two attached hydrogens (primary N) is 1. The lowest BCUT2D eigenvalue weighted by molar-refractivity contribution is -0.0166. The van der Waals surface area contributed by atoms with E-state index in [0.29, 0.717) is 24.5 Å². The largest absolute Gasteiger partial charge is 0.467 e. The zero-order chi connectivity index (χ0) is 10.7. The molecule has 0 unspecified atom stereocenters. The Balaban J connectivity index is 2.45. The number of hydrogen-bond acceptors (Lipinski definition) is 3. The van der Waals surface area contributed by atoms with E-state index in [-0.39, 0.29) is 12.6 Å². The highest BCUT2D eigenvalue weighted by atomic mass is 19.1. The molecule has 1 aromatic carbocycles.